The predicted molar refractivity (Wildman–Crippen MR) is 98.7 cm³/mol. The number of anilines is 1. The van der Waals surface area contributed by atoms with Crippen LogP contribution < -0.4 is 14.8 Å². The number of carbonyl (C=O) groups excluding carboxylic acids is 1. The topological polar surface area (TPSA) is 60.7 Å². The van der Waals surface area contributed by atoms with Crippen LogP contribution in [-0.4, -0.2) is 18.6 Å². The third-order valence-corrected chi connectivity index (χ3v) is 4.45. The van der Waals surface area contributed by atoms with Crippen molar-refractivity contribution < 1.29 is 18.7 Å². The molecule has 0 fully saturated rings. The van der Waals surface area contributed by atoms with Gasteiger partial charge >= 0.3 is 0 Å². The molecule has 1 aliphatic rings. The second-order valence-corrected chi connectivity index (χ2v) is 6.16. The molecule has 0 bridgehead atoms. The van der Waals surface area contributed by atoms with Gasteiger partial charge in [-0.3, -0.25) is 4.79 Å². The summed E-state index contributed by atoms with van der Waals surface area (Å²) >= 11 is 0. The summed E-state index contributed by atoms with van der Waals surface area (Å²) in [6.45, 7) is 0.180. The maximum atomic E-state index is 12.6. The van der Waals surface area contributed by atoms with Crippen molar-refractivity contribution in [1.82, 2.24) is 0 Å². The van der Waals surface area contributed by atoms with Crippen LogP contribution >= 0.6 is 0 Å². The van der Waals surface area contributed by atoms with E-state index in [0.29, 0.717) is 17.2 Å². The molecule has 1 atom stereocenters. The lowest BCUT2D eigenvalue weighted by atomic mass is 10.1. The van der Waals surface area contributed by atoms with Crippen LogP contribution in [0.5, 0.6) is 11.5 Å². The van der Waals surface area contributed by atoms with Crippen LogP contribution in [0.15, 0.2) is 71.1 Å². The van der Waals surface area contributed by atoms with Crippen LogP contribution in [0.2, 0.25) is 0 Å². The van der Waals surface area contributed by atoms with E-state index in [-0.39, 0.29) is 12.5 Å². The largest absolute Gasteiger partial charge is 0.485 e. The number of benzene rings is 3. The number of furan rings is 1. The molecule has 4 aromatic rings. The molecule has 26 heavy (non-hydrogen) atoms. The average molecular weight is 345 g/mol. The summed E-state index contributed by atoms with van der Waals surface area (Å²) in [5.41, 5.74) is 2.30. The third kappa shape index (κ3) is 2.45. The second kappa shape index (κ2) is 5.81. The molecule has 0 spiro atoms. The van der Waals surface area contributed by atoms with Crippen molar-refractivity contribution in [3.05, 3.63) is 66.7 Å². The Kier molecular flexibility index (Phi) is 3.31. The normalized spacial score (nSPS) is 15.9. The number of carbonyl (C=O) groups is 1. The van der Waals surface area contributed by atoms with Gasteiger partial charge in [0.15, 0.2) is 11.5 Å². The Morgan fingerprint density at radius 1 is 0.885 bits per heavy atom. The number of fused-ring (bicyclic) bond motifs is 4. The van der Waals surface area contributed by atoms with E-state index >= 15 is 0 Å². The summed E-state index contributed by atoms with van der Waals surface area (Å²) in [4.78, 5) is 12.6. The lowest BCUT2D eigenvalue weighted by molar-refractivity contribution is -0.125. The molecule has 0 radical (unpaired) electrons. The molecule has 0 saturated heterocycles. The zero-order chi connectivity index (χ0) is 17.5. The number of rotatable bonds is 2. The molecule has 1 aromatic heterocycles. The van der Waals surface area contributed by atoms with Crippen LogP contribution in [0, 0.1) is 0 Å². The molecule has 0 aliphatic carbocycles. The van der Waals surface area contributed by atoms with Gasteiger partial charge in [0.25, 0.3) is 5.91 Å². The first-order chi connectivity index (χ1) is 12.8. The fraction of sp³-hybridized carbons (Fsp3) is 0.0952. The molecule has 2 heterocycles. The molecule has 5 rings (SSSR count). The third-order valence-electron chi connectivity index (χ3n) is 4.45. The van der Waals surface area contributed by atoms with Gasteiger partial charge in [0.1, 0.15) is 17.8 Å². The Hall–Kier alpha value is -3.47. The maximum absolute atomic E-state index is 12.6. The molecule has 1 aliphatic heterocycles. The van der Waals surface area contributed by atoms with Gasteiger partial charge in [0.05, 0.1) is 0 Å². The SMILES string of the molecule is O=C(Nc1ccc2oc3ccccc3c2c1)[C@@H]1COc2ccccc2O1. The minimum absolute atomic E-state index is 0.180. The van der Waals surface area contributed by atoms with Gasteiger partial charge in [0.2, 0.25) is 6.10 Å². The number of nitrogens with one attached hydrogen (secondary N) is 1. The van der Waals surface area contributed by atoms with E-state index < -0.39 is 6.10 Å². The summed E-state index contributed by atoms with van der Waals surface area (Å²) in [5, 5.41) is 4.88. The zero-order valence-electron chi connectivity index (χ0n) is 13.8. The van der Waals surface area contributed by atoms with Crippen LogP contribution in [-0.2, 0) is 4.79 Å². The van der Waals surface area contributed by atoms with Gasteiger partial charge in [0, 0.05) is 16.5 Å². The van der Waals surface area contributed by atoms with Crippen molar-refractivity contribution in [2.75, 3.05) is 11.9 Å². The minimum atomic E-state index is -0.693. The van der Waals surface area contributed by atoms with Crippen molar-refractivity contribution in [2.24, 2.45) is 0 Å². The smallest absolute Gasteiger partial charge is 0.269 e. The van der Waals surface area contributed by atoms with Crippen molar-refractivity contribution in [3.63, 3.8) is 0 Å². The average Bonchev–Trinajstić information content (AvgIpc) is 3.05. The van der Waals surface area contributed by atoms with Crippen LogP contribution in [0.1, 0.15) is 0 Å². The van der Waals surface area contributed by atoms with Crippen LogP contribution in [0.25, 0.3) is 21.9 Å². The lowest BCUT2D eigenvalue weighted by Gasteiger charge is -2.25. The highest BCUT2D eigenvalue weighted by Crippen LogP contribution is 2.32. The molecule has 3 aromatic carbocycles. The molecule has 5 nitrogen and oxygen atoms in total. The summed E-state index contributed by atoms with van der Waals surface area (Å²) < 4.78 is 17.2. The van der Waals surface area contributed by atoms with E-state index in [0.717, 1.165) is 21.9 Å². The van der Waals surface area contributed by atoms with E-state index in [1.807, 2.05) is 60.7 Å². The summed E-state index contributed by atoms with van der Waals surface area (Å²) in [7, 11) is 0. The van der Waals surface area contributed by atoms with Crippen LogP contribution in [0.3, 0.4) is 0 Å². The Labute approximate surface area is 149 Å². The molecule has 1 N–H and O–H groups in total. The maximum Gasteiger partial charge on any atom is 0.269 e. The van der Waals surface area contributed by atoms with Gasteiger partial charge in [-0.1, -0.05) is 30.3 Å². The Bertz CT molecular complexity index is 1130. The monoisotopic (exact) mass is 345 g/mol. The summed E-state index contributed by atoms with van der Waals surface area (Å²) in [6.07, 6.45) is -0.693. The van der Waals surface area contributed by atoms with E-state index in [2.05, 4.69) is 5.32 Å². The van der Waals surface area contributed by atoms with Gasteiger partial charge in [-0.05, 0) is 36.4 Å². The van der Waals surface area contributed by atoms with Gasteiger partial charge in [-0.25, -0.2) is 0 Å². The molecule has 0 saturated carbocycles. The molecule has 5 heteroatoms. The highest BCUT2D eigenvalue weighted by Gasteiger charge is 2.27. The Morgan fingerprint density at radius 2 is 1.65 bits per heavy atom. The van der Waals surface area contributed by atoms with Crippen molar-refractivity contribution in [1.29, 1.82) is 0 Å². The van der Waals surface area contributed by atoms with Crippen molar-refractivity contribution in [3.8, 4) is 11.5 Å². The molecule has 0 unspecified atom stereocenters. The Balaban J connectivity index is 1.41. The molecule has 1 amide bonds. The van der Waals surface area contributed by atoms with Crippen LogP contribution in [0.4, 0.5) is 5.69 Å². The predicted octanol–water partition coefficient (Wildman–Crippen LogP) is 4.36. The number of amides is 1. The number of hydrogen-bond acceptors (Lipinski definition) is 4. The summed E-state index contributed by atoms with van der Waals surface area (Å²) in [5.74, 6) is 0.990. The van der Waals surface area contributed by atoms with Crippen molar-refractivity contribution in [2.45, 2.75) is 6.10 Å². The quantitative estimate of drug-likeness (QED) is 0.586. The highest BCUT2D eigenvalue weighted by atomic mass is 16.6. The number of para-hydroxylation sites is 3. The number of ether oxygens (including phenoxy) is 2. The van der Waals surface area contributed by atoms with Crippen molar-refractivity contribution >= 4 is 33.5 Å². The Morgan fingerprint density at radius 3 is 2.58 bits per heavy atom. The fourth-order valence-corrected chi connectivity index (χ4v) is 3.18. The molecule has 128 valence electrons. The zero-order valence-corrected chi connectivity index (χ0v) is 13.8. The van der Waals surface area contributed by atoms with E-state index in [9.17, 15) is 4.79 Å². The number of hydrogen-bond donors (Lipinski definition) is 1. The minimum Gasteiger partial charge on any atom is -0.485 e. The standard InChI is InChI=1S/C21H15NO4/c23-21(20-12-24-18-7-3-4-8-19(18)26-20)22-13-9-10-17-15(11-13)14-5-1-2-6-16(14)25-17/h1-11,20H,12H2,(H,22,23)/t20-/m0/s1. The first-order valence-electron chi connectivity index (χ1n) is 8.38. The van der Waals surface area contributed by atoms with Gasteiger partial charge in [-0.2, -0.15) is 0 Å². The van der Waals surface area contributed by atoms with Gasteiger partial charge in [-0.15, -0.1) is 0 Å². The summed E-state index contributed by atoms with van der Waals surface area (Å²) in [6, 6.07) is 20.8. The van der Waals surface area contributed by atoms with E-state index in [1.54, 1.807) is 6.07 Å². The van der Waals surface area contributed by atoms with E-state index in [1.165, 1.54) is 0 Å². The highest BCUT2D eigenvalue weighted by molar-refractivity contribution is 6.07. The van der Waals surface area contributed by atoms with Gasteiger partial charge < -0.3 is 19.2 Å². The fourth-order valence-electron chi connectivity index (χ4n) is 3.18. The first-order valence-corrected chi connectivity index (χ1v) is 8.38. The molecular weight excluding hydrogens is 330 g/mol. The second-order valence-electron chi connectivity index (χ2n) is 6.16. The lowest BCUT2D eigenvalue weighted by Crippen LogP contribution is -2.40. The molecular formula is C21H15NO4. The first kappa shape index (κ1) is 14.8. The van der Waals surface area contributed by atoms with E-state index in [4.69, 9.17) is 13.9 Å².